The average Bonchev–Trinajstić information content (AvgIpc) is 2.87. The molecule has 2 rings (SSSR count). The standard InChI is InChI=1S/C11H12N2OS/c14-7-1-2-10-3-4-11(15-10)8-13-6-5-12-9-13/h1,3-7,9,14H,2,8H2. The number of allylic oxidation sites excluding steroid dienone is 1. The minimum Gasteiger partial charge on any atom is -0.516 e. The molecule has 0 saturated carbocycles. The summed E-state index contributed by atoms with van der Waals surface area (Å²) in [4.78, 5) is 6.56. The van der Waals surface area contributed by atoms with Crippen molar-refractivity contribution in [3.8, 4) is 0 Å². The van der Waals surface area contributed by atoms with E-state index in [0.29, 0.717) is 0 Å². The summed E-state index contributed by atoms with van der Waals surface area (Å²) in [5.74, 6) is 0. The van der Waals surface area contributed by atoms with Crippen LogP contribution in [0.5, 0.6) is 0 Å². The van der Waals surface area contributed by atoms with Crippen LogP contribution in [0.2, 0.25) is 0 Å². The van der Waals surface area contributed by atoms with Gasteiger partial charge < -0.3 is 9.67 Å². The second kappa shape index (κ2) is 4.79. The SMILES string of the molecule is OC=CCc1ccc(Cn2ccnc2)s1. The Balaban J connectivity index is 2.01. The van der Waals surface area contributed by atoms with E-state index in [2.05, 4.69) is 17.1 Å². The summed E-state index contributed by atoms with van der Waals surface area (Å²) >= 11 is 1.76. The summed E-state index contributed by atoms with van der Waals surface area (Å²) in [6, 6.07) is 4.21. The number of imidazole rings is 1. The van der Waals surface area contributed by atoms with Crippen molar-refractivity contribution in [3.05, 3.63) is 52.9 Å². The Hall–Kier alpha value is -1.55. The monoisotopic (exact) mass is 220 g/mol. The Morgan fingerprint density at radius 1 is 1.40 bits per heavy atom. The number of hydrogen-bond donors (Lipinski definition) is 1. The first-order valence-electron chi connectivity index (χ1n) is 4.71. The zero-order valence-corrected chi connectivity index (χ0v) is 9.02. The Labute approximate surface area is 92.3 Å². The molecule has 0 saturated heterocycles. The van der Waals surface area contributed by atoms with Gasteiger partial charge in [-0.3, -0.25) is 0 Å². The van der Waals surface area contributed by atoms with Gasteiger partial charge in [0.05, 0.1) is 19.1 Å². The first-order valence-corrected chi connectivity index (χ1v) is 5.52. The summed E-state index contributed by atoms with van der Waals surface area (Å²) in [5.41, 5.74) is 0. The highest BCUT2D eigenvalue weighted by molar-refractivity contribution is 7.12. The number of hydrogen-bond acceptors (Lipinski definition) is 3. The van der Waals surface area contributed by atoms with Gasteiger partial charge in [0, 0.05) is 28.6 Å². The summed E-state index contributed by atoms with van der Waals surface area (Å²) < 4.78 is 2.04. The highest BCUT2D eigenvalue weighted by Gasteiger charge is 1.99. The maximum absolute atomic E-state index is 8.55. The van der Waals surface area contributed by atoms with E-state index in [0.717, 1.165) is 19.2 Å². The number of aromatic nitrogens is 2. The normalized spacial score (nSPS) is 11.2. The molecule has 2 heterocycles. The third-order valence-corrected chi connectivity index (χ3v) is 3.13. The number of aliphatic hydroxyl groups excluding tert-OH is 1. The van der Waals surface area contributed by atoms with Crippen molar-refractivity contribution in [1.29, 1.82) is 0 Å². The molecule has 2 aromatic heterocycles. The highest BCUT2D eigenvalue weighted by atomic mass is 32.1. The van der Waals surface area contributed by atoms with E-state index < -0.39 is 0 Å². The lowest BCUT2D eigenvalue weighted by atomic mass is 10.3. The van der Waals surface area contributed by atoms with Gasteiger partial charge in [-0.1, -0.05) is 0 Å². The van der Waals surface area contributed by atoms with Crippen molar-refractivity contribution in [2.45, 2.75) is 13.0 Å². The van der Waals surface area contributed by atoms with Gasteiger partial charge in [0.15, 0.2) is 0 Å². The van der Waals surface area contributed by atoms with Gasteiger partial charge in [-0.2, -0.15) is 0 Å². The van der Waals surface area contributed by atoms with Crippen molar-refractivity contribution in [3.63, 3.8) is 0 Å². The molecule has 0 aliphatic carbocycles. The minimum absolute atomic E-state index is 0.797. The second-order valence-corrected chi connectivity index (χ2v) is 4.44. The van der Waals surface area contributed by atoms with Crippen LogP contribution in [0.15, 0.2) is 43.2 Å². The maximum atomic E-state index is 8.55. The molecule has 0 aliphatic heterocycles. The summed E-state index contributed by atoms with van der Waals surface area (Å²) in [6.45, 7) is 0.869. The van der Waals surface area contributed by atoms with E-state index in [1.807, 2.05) is 17.1 Å². The van der Waals surface area contributed by atoms with E-state index >= 15 is 0 Å². The number of nitrogens with zero attached hydrogens (tertiary/aromatic N) is 2. The van der Waals surface area contributed by atoms with Gasteiger partial charge in [0.2, 0.25) is 0 Å². The first-order chi connectivity index (χ1) is 7.38. The molecular formula is C11H12N2OS. The molecule has 1 N–H and O–H groups in total. The molecule has 0 aliphatic rings. The van der Waals surface area contributed by atoms with Crippen LogP contribution in [0, 0.1) is 0 Å². The molecule has 0 radical (unpaired) electrons. The smallest absolute Gasteiger partial charge is 0.0949 e. The van der Waals surface area contributed by atoms with Crippen molar-refractivity contribution in [1.82, 2.24) is 9.55 Å². The number of thiophene rings is 1. The molecule has 0 spiro atoms. The summed E-state index contributed by atoms with van der Waals surface area (Å²) in [5, 5.41) is 8.55. The molecule has 0 unspecified atom stereocenters. The van der Waals surface area contributed by atoms with Gasteiger partial charge >= 0.3 is 0 Å². The zero-order valence-electron chi connectivity index (χ0n) is 8.21. The van der Waals surface area contributed by atoms with E-state index in [9.17, 15) is 0 Å². The largest absolute Gasteiger partial charge is 0.516 e. The predicted molar refractivity (Wildman–Crippen MR) is 61.1 cm³/mol. The van der Waals surface area contributed by atoms with Crippen LogP contribution in [0.1, 0.15) is 9.75 Å². The Bertz CT molecular complexity index is 431. The van der Waals surface area contributed by atoms with Gasteiger partial charge in [0.25, 0.3) is 0 Å². The van der Waals surface area contributed by atoms with Crippen LogP contribution in [0.3, 0.4) is 0 Å². The number of rotatable bonds is 4. The minimum atomic E-state index is 0.797. The second-order valence-electron chi connectivity index (χ2n) is 3.19. The fourth-order valence-corrected chi connectivity index (χ4v) is 2.35. The van der Waals surface area contributed by atoms with E-state index in [-0.39, 0.29) is 0 Å². The molecule has 2 aromatic rings. The molecule has 78 valence electrons. The van der Waals surface area contributed by atoms with E-state index in [1.165, 1.54) is 9.75 Å². The molecule has 4 heteroatoms. The van der Waals surface area contributed by atoms with Crippen molar-refractivity contribution in [2.24, 2.45) is 0 Å². The van der Waals surface area contributed by atoms with Gasteiger partial charge in [-0.15, -0.1) is 11.3 Å². The van der Waals surface area contributed by atoms with Crippen LogP contribution in [0.4, 0.5) is 0 Å². The maximum Gasteiger partial charge on any atom is 0.0949 e. The van der Waals surface area contributed by atoms with Crippen molar-refractivity contribution < 1.29 is 5.11 Å². The predicted octanol–water partition coefficient (Wildman–Crippen LogP) is 2.61. The third-order valence-electron chi connectivity index (χ3n) is 2.04. The number of aliphatic hydroxyl groups is 1. The Morgan fingerprint density at radius 3 is 3.00 bits per heavy atom. The average molecular weight is 220 g/mol. The van der Waals surface area contributed by atoms with Crippen molar-refractivity contribution in [2.75, 3.05) is 0 Å². The van der Waals surface area contributed by atoms with E-state index in [4.69, 9.17) is 5.11 Å². The molecular weight excluding hydrogens is 208 g/mol. The molecule has 0 fully saturated rings. The first kappa shape index (κ1) is 9.98. The molecule has 0 atom stereocenters. The molecule has 3 nitrogen and oxygen atoms in total. The summed E-state index contributed by atoms with van der Waals surface area (Å²) in [6.07, 6.45) is 9.18. The topological polar surface area (TPSA) is 38.0 Å². The van der Waals surface area contributed by atoms with Crippen molar-refractivity contribution >= 4 is 11.3 Å². The van der Waals surface area contributed by atoms with Crippen LogP contribution in [-0.2, 0) is 13.0 Å². The van der Waals surface area contributed by atoms with Gasteiger partial charge in [-0.25, -0.2) is 4.98 Å². The van der Waals surface area contributed by atoms with Gasteiger partial charge in [-0.05, 0) is 18.2 Å². The fraction of sp³-hybridized carbons (Fsp3) is 0.182. The van der Waals surface area contributed by atoms with Gasteiger partial charge in [0.1, 0.15) is 0 Å². The zero-order chi connectivity index (χ0) is 10.5. The van der Waals surface area contributed by atoms with Crippen LogP contribution in [0.25, 0.3) is 0 Å². The lowest BCUT2D eigenvalue weighted by Gasteiger charge is -1.97. The molecule has 0 bridgehead atoms. The fourth-order valence-electron chi connectivity index (χ4n) is 1.35. The molecule has 15 heavy (non-hydrogen) atoms. The van der Waals surface area contributed by atoms with Crippen LogP contribution < -0.4 is 0 Å². The Kier molecular flexibility index (Phi) is 3.19. The van der Waals surface area contributed by atoms with Crippen LogP contribution >= 0.6 is 11.3 Å². The Morgan fingerprint density at radius 2 is 2.27 bits per heavy atom. The lowest BCUT2D eigenvalue weighted by molar-refractivity contribution is 0.471. The van der Waals surface area contributed by atoms with E-state index in [1.54, 1.807) is 23.6 Å². The van der Waals surface area contributed by atoms with Crippen LogP contribution in [-0.4, -0.2) is 14.7 Å². The summed E-state index contributed by atoms with van der Waals surface area (Å²) in [7, 11) is 0. The third kappa shape index (κ3) is 2.70. The lowest BCUT2D eigenvalue weighted by Crippen LogP contribution is -1.92. The quantitative estimate of drug-likeness (QED) is 0.804. The molecule has 0 amide bonds. The highest BCUT2D eigenvalue weighted by Crippen LogP contribution is 2.18. The molecule has 0 aromatic carbocycles.